The topological polar surface area (TPSA) is 63.2 Å². The van der Waals surface area contributed by atoms with E-state index in [2.05, 4.69) is 0 Å². The van der Waals surface area contributed by atoms with Gasteiger partial charge in [0.25, 0.3) is 15.9 Å². The Morgan fingerprint density at radius 1 is 1.05 bits per heavy atom. The number of halogens is 1. The Labute approximate surface area is 134 Å². The van der Waals surface area contributed by atoms with Gasteiger partial charge in [-0.25, -0.2) is 13.1 Å². The van der Waals surface area contributed by atoms with E-state index in [1.807, 2.05) is 11.6 Å². The molecule has 0 unspecified atom stereocenters. The molecule has 0 aliphatic heterocycles. The first-order chi connectivity index (χ1) is 10.4. The summed E-state index contributed by atoms with van der Waals surface area (Å²) in [5.41, 5.74) is 1.68. The second-order valence-electron chi connectivity index (χ2n) is 4.67. The number of nitrogens with one attached hydrogen (secondary N) is 1. The van der Waals surface area contributed by atoms with Gasteiger partial charge in [0, 0.05) is 11.1 Å². The van der Waals surface area contributed by atoms with Gasteiger partial charge in [-0.1, -0.05) is 41.4 Å². The van der Waals surface area contributed by atoms with Crippen molar-refractivity contribution in [3.8, 4) is 0 Å². The lowest BCUT2D eigenvalue weighted by Gasteiger charge is -2.05. The van der Waals surface area contributed by atoms with Crippen molar-refractivity contribution in [3.05, 3.63) is 70.8 Å². The number of benzene rings is 2. The number of rotatable bonds is 4. The molecule has 0 heterocycles. The third-order valence-corrected chi connectivity index (χ3v) is 4.48. The van der Waals surface area contributed by atoms with Crippen LogP contribution in [0.15, 0.2) is 59.5 Å². The number of sulfonamides is 1. The summed E-state index contributed by atoms with van der Waals surface area (Å²) in [4.78, 5) is 11.8. The Kier molecular flexibility index (Phi) is 5.00. The molecule has 0 aromatic heterocycles. The van der Waals surface area contributed by atoms with Crippen LogP contribution in [0.1, 0.15) is 11.1 Å². The lowest BCUT2D eigenvalue weighted by Crippen LogP contribution is -2.28. The molecular formula is C16H14ClNO3S. The number of amides is 1. The normalized spacial score (nSPS) is 11.5. The van der Waals surface area contributed by atoms with Gasteiger partial charge in [0.1, 0.15) is 0 Å². The summed E-state index contributed by atoms with van der Waals surface area (Å²) < 4.78 is 26.0. The molecule has 2 aromatic carbocycles. The average Bonchev–Trinajstić information content (AvgIpc) is 2.46. The highest BCUT2D eigenvalue weighted by Gasteiger charge is 2.15. The fraction of sp³-hybridized carbons (Fsp3) is 0.0625. The molecule has 22 heavy (non-hydrogen) atoms. The maximum absolute atomic E-state index is 12.0. The fourth-order valence-corrected chi connectivity index (χ4v) is 2.76. The Hall–Kier alpha value is -2.11. The van der Waals surface area contributed by atoms with Gasteiger partial charge in [-0.15, -0.1) is 0 Å². The molecule has 1 amide bonds. The molecule has 4 nitrogen and oxygen atoms in total. The SMILES string of the molecule is Cc1ccc(S(=O)(=O)NC(=O)/C=C/c2ccc(Cl)cc2)cc1. The lowest BCUT2D eigenvalue weighted by molar-refractivity contribution is -0.114. The average molecular weight is 336 g/mol. The number of carbonyl (C=O) groups is 1. The van der Waals surface area contributed by atoms with Gasteiger partial charge in [-0.05, 0) is 42.8 Å². The van der Waals surface area contributed by atoms with Gasteiger partial charge in [-0.2, -0.15) is 0 Å². The first-order valence-corrected chi connectivity index (χ1v) is 8.30. The van der Waals surface area contributed by atoms with Crippen molar-refractivity contribution in [1.29, 1.82) is 0 Å². The monoisotopic (exact) mass is 335 g/mol. The summed E-state index contributed by atoms with van der Waals surface area (Å²) in [6, 6.07) is 13.1. The van der Waals surface area contributed by atoms with Crippen LogP contribution in [-0.2, 0) is 14.8 Å². The van der Waals surface area contributed by atoms with Crippen LogP contribution >= 0.6 is 11.6 Å². The van der Waals surface area contributed by atoms with Crippen LogP contribution in [-0.4, -0.2) is 14.3 Å². The minimum Gasteiger partial charge on any atom is -0.269 e. The summed E-state index contributed by atoms with van der Waals surface area (Å²) in [7, 11) is -3.86. The van der Waals surface area contributed by atoms with Crippen LogP contribution in [0.4, 0.5) is 0 Å². The third-order valence-electron chi connectivity index (χ3n) is 2.86. The highest BCUT2D eigenvalue weighted by atomic mass is 35.5. The van der Waals surface area contributed by atoms with E-state index in [-0.39, 0.29) is 4.90 Å². The van der Waals surface area contributed by atoms with Gasteiger partial charge in [0.2, 0.25) is 0 Å². The molecular weight excluding hydrogens is 322 g/mol. The second kappa shape index (κ2) is 6.77. The quantitative estimate of drug-likeness (QED) is 0.873. The van der Waals surface area contributed by atoms with E-state index >= 15 is 0 Å². The summed E-state index contributed by atoms with van der Waals surface area (Å²) in [6.45, 7) is 1.85. The zero-order valence-corrected chi connectivity index (χ0v) is 13.4. The van der Waals surface area contributed by atoms with E-state index < -0.39 is 15.9 Å². The summed E-state index contributed by atoms with van der Waals surface area (Å²) in [6.07, 6.45) is 2.67. The maximum Gasteiger partial charge on any atom is 0.264 e. The zero-order valence-electron chi connectivity index (χ0n) is 11.8. The zero-order chi connectivity index (χ0) is 16.2. The van der Waals surface area contributed by atoms with Crippen LogP contribution in [0.2, 0.25) is 5.02 Å². The first kappa shape index (κ1) is 16.3. The van der Waals surface area contributed by atoms with Crippen molar-refractivity contribution in [2.75, 3.05) is 0 Å². The van der Waals surface area contributed by atoms with Gasteiger partial charge < -0.3 is 0 Å². The van der Waals surface area contributed by atoms with Crippen molar-refractivity contribution in [2.24, 2.45) is 0 Å². The Bertz CT molecular complexity index is 794. The molecule has 2 rings (SSSR count). The molecule has 0 saturated heterocycles. The number of carbonyl (C=O) groups excluding carboxylic acids is 1. The van der Waals surface area contributed by atoms with Crippen molar-refractivity contribution >= 4 is 33.6 Å². The summed E-state index contributed by atoms with van der Waals surface area (Å²) in [5.74, 6) is -0.712. The molecule has 0 spiro atoms. The van der Waals surface area contributed by atoms with Gasteiger partial charge in [0.15, 0.2) is 0 Å². The summed E-state index contributed by atoms with van der Waals surface area (Å²) in [5, 5.41) is 0.587. The minimum atomic E-state index is -3.86. The predicted molar refractivity (Wildman–Crippen MR) is 87.0 cm³/mol. The molecule has 6 heteroatoms. The molecule has 0 bridgehead atoms. The van der Waals surface area contributed by atoms with E-state index in [1.54, 1.807) is 36.4 Å². The van der Waals surface area contributed by atoms with E-state index in [4.69, 9.17) is 11.6 Å². The van der Waals surface area contributed by atoms with Gasteiger partial charge in [-0.3, -0.25) is 4.79 Å². The molecule has 2 aromatic rings. The largest absolute Gasteiger partial charge is 0.269 e. The van der Waals surface area contributed by atoms with E-state index in [1.165, 1.54) is 18.2 Å². The van der Waals surface area contributed by atoms with Crippen molar-refractivity contribution in [1.82, 2.24) is 4.72 Å². The van der Waals surface area contributed by atoms with Crippen LogP contribution in [0.5, 0.6) is 0 Å². The Morgan fingerprint density at radius 2 is 1.64 bits per heavy atom. The van der Waals surface area contributed by atoms with Crippen molar-refractivity contribution in [2.45, 2.75) is 11.8 Å². The predicted octanol–water partition coefficient (Wildman–Crippen LogP) is 3.17. The van der Waals surface area contributed by atoms with Crippen LogP contribution < -0.4 is 4.72 Å². The molecule has 0 aliphatic carbocycles. The molecule has 0 radical (unpaired) electrons. The van der Waals surface area contributed by atoms with Crippen LogP contribution in [0, 0.1) is 6.92 Å². The lowest BCUT2D eigenvalue weighted by atomic mass is 10.2. The molecule has 0 fully saturated rings. The molecule has 114 valence electrons. The maximum atomic E-state index is 12.0. The number of hydrogen-bond donors (Lipinski definition) is 1. The fourth-order valence-electron chi connectivity index (χ4n) is 1.69. The molecule has 1 N–H and O–H groups in total. The molecule has 0 aliphatic rings. The first-order valence-electron chi connectivity index (χ1n) is 6.44. The van der Waals surface area contributed by atoms with Gasteiger partial charge in [0.05, 0.1) is 4.90 Å². The van der Waals surface area contributed by atoms with Gasteiger partial charge >= 0.3 is 0 Å². The van der Waals surface area contributed by atoms with E-state index in [0.29, 0.717) is 5.02 Å². The highest BCUT2D eigenvalue weighted by Crippen LogP contribution is 2.11. The Balaban J connectivity index is 2.07. The summed E-state index contributed by atoms with van der Waals surface area (Å²) >= 11 is 5.76. The van der Waals surface area contributed by atoms with Crippen molar-refractivity contribution in [3.63, 3.8) is 0 Å². The standard InChI is InChI=1S/C16H14ClNO3S/c1-12-2-9-15(10-3-12)22(20,21)18-16(19)11-6-13-4-7-14(17)8-5-13/h2-11H,1H3,(H,18,19)/b11-6+. The van der Waals surface area contributed by atoms with Crippen LogP contribution in [0.25, 0.3) is 6.08 Å². The Morgan fingerprint density at radius 3 is 2.23 bits per heavy atom. The van der Waals surface area contributed by atoms with Crippen LogP contribution in [0.3, 0.4) is 0 Å². The number of aryl methyl sites for hydroxylation is 1. The molecule has 0 atom stereocenters. The van der Waals surface area contributed by atoms with Crippen molar-refractivity contribution < 1.29 is 13.2 Å². The smallest absolute Gasteiger partial charge is 0.264 e. The number of hydrogen-bond acceptors (Lipinski definition) is 3. The molecule has 0 saturated carbocycles. The van der Waals surface area contributed by atoms with E-state index in [0.717, 1.165) is 17.2 Å². The van der Waals surface area contributed by atoms with E-state index in [9.17, 15) is 13.2 Å². The highest BCUT2D eigenvalue weighted by molar-refractivity contribution is 7.90. The second-order valence-corrected chi connectivity index (χ2v) is 6.79. The third kappa shape index (κ3) is 4.44. The minimum absolute atomic E-state index is 0.0475.